The van der Waals surface area contributed by atoms with Gasteiger partial charge in [-0.15, -0.1) is 0 Å². The van der Waals surface area contributed by atoms with Crippen molar-refractivity contribution in [2.75, 3.05) is 0 Å². The van der Waals surface area contributed by atoms with Gasteiger partial charge < -0.3 is 0 Å². The van der Waals surface area contributed by atoms with Crippen LogP contribution in [0.1, 0.15) is 80.0 Å². The van der Waals surface area contributed by atoms with Crippen LogP contribution in [0.2, 0.25) is 0 Å². The zero-order valence-corrected chi connectivity index (χ0v) is 16.0. The van der Waals surface area contributed by atoms with Gasteiger partial charge in [0.15, 0.2) is 0 Å². The lowest BCUT2D eigenvalue weighted by Crippen LogP contribution is -2.14. The number of hydrogen-bond acceptors (Lipinski definition) is 0. The van der Waals surface area contributed by atoms with E-state index < -0.39 is 0 Å². The first-order valence-corrected chi connectivity index (χ1v) is 10.5. The fraction of sp³-hybridized carbons (Fsp3) is 0.385. The zero-order chi connectivity index (χ0) is 17.8. The van der Waals surface area contributed by atoms with Gasteiger partial charge in [0.2, 0.25) is 0 Å². The highest BCUT2D eigenvalue weighted by molar-refractivity contribution is 5.88. The van der Waals surface area contributed by atoms with Crippen LogP contribution in [-0.2, 0) is 6.42 Å². The Morgan fingerprint density at radius 2 is 1.50 bits per heavy atom. The molecule has 0 spiro atoms. The summed E-state index contributed by atoms with van der Waals surface area (Å²) >= 11 is 0. The minimum absolute atomic E-state index is 0.575. The van der Waals surface area contributed by atoms with Crippen molar-refractivity contribution in [2.24, 2.45) is 0 Å². The summed E-state index contributed by atoms with van der Waals surface area (Å²) in [5, 5.41) is 2.83. The molecule has 1 aliphatic rings. The van der Waals surface area contributed by atoms with Gasteiger partial charge in [-0.25, -0.2) is 0 Å². The van der Waals surface area contributed by atoms with Gasteiger partial charge in [-0.1, -0.05) is 106 Å². The second-order valence-electron chi connectivity index (χ2n) is 7.84. The molecule has 0 fully saturated rings. The molecule has 0 saturated heterocycles. The average molecular weight is 343 g/mol. The maximum atomic E-state index is 2.41. The third kappa shape index (κ3) is 3.43. The number of rotatable bonds is 7. The largest absolute Gasteiger partial charge is 0.0654 e. The Bertz CT molecular complexity index is 874. The summed E-state index contributed by atoms with van der Waals surface area (Å²) in [6, 6.07) is 22.8. The molecule has 3 aromatic rings. The van der Waals surface area contributed by atoms with Crippen molar-refractivity contribution < 1.29 is 0 Å². The first kappa shape index (κ1) is 17.3. The number of hydrogen-bond donors (Lipinski definition) is 0. The molecule has 0 bridgehead atoms. The first-order chi connectivity index (χ1) is 12.9. The molecule has 0 heteroatoms. The molecule has 0 radical (unpaired) electrons. The Morgan fingerprint density at radius 3 is 2.42 bits per heavy atom. The standard InChI is InChI=1S/C26H30/c1-2-3-4-5-6-7-16-24-23-15-11-9-13-21(23)19-26-22-14-10-8-12-20(22)17-18-25(24)26/h8-15,17-18,24H,2-7,16,19H2,1H3. The van der Waals surface area contributed by atoms with E-state index in [2.05, 4.69) is 67.6 Å². The molecular formula is C26H30. The normalized spacial score (nSPS) is 15.7. The molecule has 0 N–H and O–H groups in total. The average Bonchev–Trinajstić information content (AvgIpc) is 2.69. The van der Waals surface area contributed by atoms with Crippen molar-refractivity contribution in [3.63, 3.8) is 0 Å². The molecule has 26 heavy (non-hydrogen) atoms. The second-order valence-corrected chi connectivity index (χ2v) is 7.84. The fourth-order valence-electron chi connectivity index (χ4n) is 4.71. The third-order valence-corrected chi connectivity index (χ3v) is 6.10. The lowest BCUT2D eigenvalue weighted by atomic mass is 9.74. The molecule has 1 atom stereocenters. The minimum atomic E-state index is 0.575. The van der Waals surface area contributed by atoms with Gasteiger partial charge in [0, 0.05) is 5.92 Å². The van der Waals surface area contributed by atoms with Gasteiger partial charge in [0.05, 0.1) is 0 Å². The monoisotopic (exact) mass is 342 g/mol. The van der Waals surface area contributed by atoms with Crippen molar-refractivity contribution in [3.8, 4) is 0 Å². The Labute approximate surface area is 158 Å². The van der Waals surface area contributed by atoms with E-state index in [1.165, 1.54) is 61.3 Å². The van der Waals surface area contributed by atoms with Crippen LogP contribution < -0.4 is 0 Å². The second kappa shape index (κ2) is 8.08. The van der Waals surface area contributed by atoms with Gasteiger partial charge in [-0.2, -0.15) is 0 Å². The van der Waals surface area contributed by atoms with Crippen molar-refractivity contribution >= 4 is 10.8 Å². The summed E-state index contributed by atoms with van der Waals surface area (Å²) < 4.78 is 0. The number of unbranched alkanes of at least 4 members (excludes halogenated alkanes) is 5. The molecule has 3 aromatic carbocycles. The van der Waals surface area contributed by atoms with E-state index in [1.54, 1.807) is 16.7 Å². The van der Waals surface area contributed by atoms with Crippen LogP contribution in [0.25, 0.3) is 10.8 Å². The van der Waals surface area contributed by atoms with Crippen LogP contribution in [0, 0.1) is 0 Å². The maximum absolute atomic E-state index is 2.41. The highest BCUT2D eigenvalue weighted by Gasteiger charge is 2.25. The smallest absolute Gasteiger partial charge is 0.00952 e. The van der Waals surface area contributed by atoms with Crippen LogP contribution in [0.15, 0.2) is 60.7 Å². The molecule has 1 aliphatic carbocycles. The highest BCUT2D eigenvalue weighted by atomic mass is 14.3. The van der Waals surface area contributed by atoms with E-state index in [9.17, 15) is 0 Å². The highest BCUT2D eigenvalue weighted by Crippen LogP contribution is 2.42. The van der Waals surface area contributed by atoms with Gasteiger partial charge in [0.1, 0.15) is 0 Å². The molecule has 4 rings (SSSR count). The summed E-state index contributed by atoms with van der Waals surface area (Å²) in [6.45, 7) is 2.29. The topological polar surface area (TPSA) is 0 Å². The van der Waals surface area contributed by atoms with Crippen LogP contribution in [-0.4, -0.2) is 0 Å². The SMILES string of the molecule is CCCCCCCCC1c2ccccc2Cc2c1ccc1ccccc21. The Morgan fingerprint density at radius 1 is 0.731 bits per heavy atom. The quantitative estimate of drug-likeness (QED) is 0.387. The summed E-state index contributed by atoms with van der Waals surface area (Å²) in [5.74, 6) is 0.575. The van der Waals surface area contributed by atoms with Gasteiger partial charge in [-0.3, -0.25) is 0 Å². The van der Waals surface area contributed by atoms with E-state index >= 15 is 0 Å². The van der Waals surface area contributed by atoms with E-state index in [0.29, 0.717) is 5.92 Å². The molecule has 1 unspecified atom stereocenters. The first-order valence-electron chi connectivity index (χ1n) is 10.5. The molecule has 0 heterocycles. The molecule has 0 amide bonds. The summed E-state index contributed by atoms with van der Waals surface area (Å²) in [7, 11) is 0. The number of fused-ring (bicyclic) bond motifs is 4. The third-order valence-electron chi connectivity index (χ3n) is 6.10. The van der Waals surface area contributed by atoms with E-state index in [-0.39, 0.29) is 0 Å². The molecule has 0 nitrogen and oxygen atoms in total. The molecule has 134 valence electrons. The fourth-order valence-corrected chi connectivity index (χ4v) is 4.71. The molecule has 0 aliphatic heterocycles. The summed E-state index contributed by atoms with van der Waals surface area (Å²) in [6.07, 6.45) is 10.6. The van der Waals surface area contributed by atoms with E-state index in [1.807, 2.05) is 0 Å². The van der Waals surface area contributed by atoms with Crippen molar-refractivity contribution in [1.82, 2.24) is 0 Å². The van der Waals surface area contributed by atoms with Crippen LogP contribution in [0.3, 0.4) is 0 Å². The number of benzene rings is 3. The van der Waals surface area contributed by atoms with Crippen LogP contribution >= 0.6 is 0 Å². The van der Waals surface area contributed by atoms with Gasteiger partial charge in [0.25, 0.3) is 0 Å². The van der Waals surface area contributed by atoms with E-state index in [4.69, 9.17) is 0 Å². The Kier molecular flexibility index (Phi) is 5.39. The zero-order valence-electron chi connectivity index (χ0n) is 16.0. The van der Waals surface area contributed by atoms with Gasteiger partial charge in [-0.05, 0) is 45.9 Å². The molecule has 0 aromatic heterocycles. The minimum Gasteiger partial charge on any atom is -0.0654 e. The molecule has 0 saturated carbocycles. The summed E-state index contributed by atoms with van der Waals surface area (Å²) in [5.41, 5.74) is 6.25. The van der Waals surface area contributed by atoms with Crippen LogP contribution in [0.4, 0.5) is 0 Å². The van der Waals surface area contributed by atoms with Crippen LogP contribution in [0.5, 0.6) is 0 Å². The lowest BCUT2D eigenvalue weighted by molar-refractivity contribution is 0.563. The predicted octanol–water partition coefficient (Wildman–Crippen LogP) is 7.63. The maximum Gasteiger partial charge on any atom is 0.00952 e. The van der Waals surface area contributed by atoms with Gasteiger partial charge >= 0.3 is 0 Å². The lowest BCUT2D eigenvalue weighted by Gasteiger charge is -2.30. The van der Waals surface area contributed by atoms with Crippen molar-refractivity contribution in [1.29, 1.82) is 0 Å². The Balaban J connectivity index is 1.62. The summed E-state index contributed by atoms with van der Waals surface area (Å²) in [4.78, 5) is 0. The van der Waals surface area contributed by atoms with Crippen molar-refractivity contribution in [3.05, 3.63) is 82.9 Å². The predicted molar refractivity (Wildman–Crippen MR) is 113 cm³/mol. The van der Waals surface area contributed by atoms with E-state index in [0.717, 1.165) is 6.42 Å². The Hall–Kier alpha value is -2.08. The molecular weight excluding hydrogens is 312 g/mol. The van der Waals surface area contributed by atoms with Crippen molar-refractivity contribution in [2.45, 2.75) is 64.2 Å².